The highest BCUT2D eigenvalue weighted by atomic mass is 16.5. The van der Waals surface area contributed by atoms with Crippen molar-refractivity contribution < 1.29 is 13.8 Å². The lowest BCUT2D eigenvalue weighted by atomic mass is 9.91. The van der Waals surface area contributed by atoms with Gasteiger partial charge in [0.1, 0.15) is 6.26 Å². The van der Waals surface area contributed by atoms with Crippen LogP contribution in [0.25, 0.3) is 0 Å². The van der Waals surface area contributed by atoms with Crippen LogP contribution in [-0.2, 0) is 11.2 Å². The Balaban J connectivity index is 1.67. The molecule has 1 amide bonds. The number of hydrogen-bond donors (Lipinski definition) is 0. The minimum atomic E-state index is -0.366. The molecule has 0 saturated carbocycles. The van der Waals surface area contributed by atoms with Gasteiger partial charge in [0.25, 0.3) is 0 Å². The maximum Gasteiger partial charge on any atom is 0.231 e. The lowest BCUT2D eigenvalue weighted by molar-refractivity contribution is -0.140. The lowest BCUT2D eigenvalue weighted by Gasteiger charge is -2.35. The standard InChI is InChI=1S/C16H22N4O3/c1-16(2,3)15(21)20-7-4-5-11(10-20)14-17-13(19-23-14)9-12-6-8-22-18-12/h6,8,11H,4-5,7,9-10H2,1-3H3. The highest BCUT2D eigenvalue weighted by Crippen LogP contribution is 2.29. The molecule has 1 aliphatic heterocycles. The van der Waals surface area contributed by atoms with E-state index in [9.17, 15) is 4.79 Å². The summed E-state index contributed by atoms with van der Waals surface area (Å²) < 4.78 is 10.2. The molecule has 23 heavy (non-hydrogen) atoms. The maximum absolute atomic E-state index is 12.5. The molecule has 1 fully saturated rings. The second-order valence-electron chi connectivity index (χ2n) is 7.06. The molecule has 1 unspecified atom stereocenters. The topological polar surface area (TPSA) is 85.3 Å². The second kappa shape index (κ2) is 6.14. The van der Waals surface area contributed by atoms with Crippen molar-refractivity contribution in [3.8, 4) is 0 Å². The molecule has 1 saturated heterocycles. The Morgan fingerprint density at radius 1 is 1.39 bits per heavy atom. The monoisotopic (exact) mass is 318 g/mol. The van der Waals surface area contributed by atoms with E-state index in [1.54, 1.807) is 6.07 Å². The SMILES string of the molecule is CC(C)(C)C(=O)N1CCCC(c2nc(Cc3ccon3)no2)C1. The Labute approximate surface area is 135 Å². The van der Waals surface area contributed by atoms with Crippen LogP contribution in [0.4, 0.5) is 0 Å². The van der Waals surface area contributed by atoms with E-state index in [2.05, 4.69) is 15.3 Å². The Morgan fingerprint density at radius 3 is 2.91 bits per heavy atom. The van der Waals surface area contributed by atoms with Gasteiger partial charge in [-0.1, -0.05) is 31.1 Å². The Kier molecular flexibility index (Phi) is 4.19. The van der Waals surface area contributed by atoms with E-state index >= 15 is 0 Å². The van der Waals surface area contributed by atoms with Crippen molar-refractivity contribution >= 4 is 5.91 Å². The number of hydrogen-bond acceptors (Lipinski definition) is 6. The van der Waals surface area contributed by atoms with Crippen molar-refractivity contribution in [1.82, 2.24) is 20.2 Å². The number of nitrogens with zero attached hydrogens (tertiary/aromatic N) is 4. The zero-order chi connectivity index (χ0) is 16.4. The van der Waals surface area contributed by atoms with Gasteiger partial charge in [-0.2, -0.15) is 4.98 Å². The van der Waals surface area contributed by atoms with Crippen LogP contribution in [0, 0.1) is 5.41 Å². The van der Waals surface area contributed by atoms with Crippen LogP contribution >= 0.6 is 0 Å². The largest absolute Gasteiger partial charge is 0.364 e. The van der Waals surface area contributed by atoms with Crippen LogP contribution in [0.3, 0.4) is 0 Å². The summed E-state index contributed by atoms with van der Waals surface area (Å²) in [5.41, 5.74) is 0.403. The lowest BCUT2D eigenvalue weighted by Crippen LogP contribution is -2.44. The summed E-state index contributed by atoms with van der Waals surface area (Å²) in [4.78, 5) is 18.8. The number of likely N-dealkylation sites (tertiary alicyclic amines) is 1. The predicted octanol–water partition coefficient (Wildman–Crippen LogP) is 2.40. The molecule has 2 aromatic heterocycles. The molecule has 1 aliphatic rings. The smallest absolute Gasteiger partial charge is 0.231 e. The predicted molar refractivity (Wildman–Crippen MR) is 81.6 cm³/mol. The molecule has 0 radical (unpaired) electrons. The molecule has 7 heteroatoms. The third-order valence-corrected chi connectivity index (χ3v) is 4.01. The van der Waals surface area contributed by atoms with Gasteiger partial charge in [0, 0.05) is 24.6 Å². The zero-order valence-corrected chi connectivity index (χ0v) is 13.8. The van der Waals surface area contributed by atoms with Gasteiger partial charge >= 0.3 is 0 Å². The first-order valence-corrected chi connectivity index (χ1v) is 7.94. The summed E-state index contributed by atoms with van der Waals surface area (Å²) >= 11 is 0. The van der Waals surface area contributed by atoms with Crippen molar-refractivity contribution in [2.75, 3.05) is 13.1 Å². The van der Waals surface area contributed by atoms with E-state index in [-0.39, 0.29) is 17.2 Å². The van der Waals surface area contributed by atoms with Gasteiger partial charge in [-0.25, -0.2) is 0 Å². The van der Waals surface area contributed by atoms with Gasteiger partial charge in [0.2, 0.25) is 11.8 Å². The molecular formula is C16H22N4O3. The van der Waals surface area contributed by atoms with Gasteiger partial charge in [0.05, 0.1) is 18.0 Å². The first kappa shape index (κ1) is 15.7. The first-order valence-electron chi connectivity index (χ1n) is 7.94. The van der Waals surface area contributed by atoms with Crippen molar-refractivity contribution in [2.24, 2.45) is 5.41 Å². The van der Waals surface area contributed by atoms with Crippen molar-refractivity contribution in [2.45, 2.75) is 46.0 Å². The minimum Gasteiger partial charge on any atom is -0.364 e. The third-order valence-electron chi connectivity index (χ3n) is 4.01. The van der Waals surface area contributed by atoms with Crippen LogP contribution in [-0.4, -0.2) is 39.2 Å². The molecule has 7 nitrogen and oxygen atoms in total. The minimum absolute atomic E-state index is 0.105. The molecule has 124 valence electrons. The van der Waals surface area contributed by atoms with Crippen LogP contribution in [0.2, 0.25) is 0 Å². The average molecular weight is 318 g/mol. The van der Waals surface area contributed by atoms with E-state index < -0.39 is 0 Å². The van der Waals surface area contributed by atoms with Crippen LogP contribution < -0.4 is 0 Å². The molecular weight excluding hydrogens is 296 g/mol. The quantitative estimate of drug-likeness (QED) is 0.864. The molecule has 0 bridgehead atoms. The molecule has 0 spiro atoms. The number of carbonyl (C=O) groups excluding carboxylic acids is 1. The molecule has 1 atom stereocenters. The molecule has 3 rings (SSSR count). The molecule has 0 aromatic carbocycles. The highest BCUT2D eigenvalue weighted by Gasteiger charge is 2.33. The van der Waals surface area contributed by atoms with Crippen molar-refractivity contribution in [3.63, 3.8) is 0 Å². The van der Waals surface area contributed by atoms with Crippen LogP contribution in [0.1, 0.15) is 56.9 Å². The fourth-order valence-electron chi connectivity index (χ4n) is 2.83. The summed E-state index contributed by atoms with van der Waals surface area (Å²) in [6.45, 7) is 7.28. The van der Waals surface area contributed by atoms with Crippen LogP contribution in [0.5, 0.6) is 0 Å². The van der Waals surface area contributed by atoms with Gasteiger partial charge in [-0.15, -0.1) is 0 Å². The normalized spacial score (nSPS) is 19.1. The molecule has 0 aliphatic carbocycles. The number of aromatic nitrogens is 3. The fraction of sp³-hybridized carbons (Fsp3) is 0.625. The van der Waals surface area contributed by atoms with Crippen LogP contribution in [0.15, 0.2) is 21.4 Å². The van der Waals surface area contributed by atoms with Gasteiger partial charge in [-0.05, 0) is 12.8 Å². The van der Waals surface area contributed by atoms with E-state index in [1.807, 2.05) is 25.7 Å². The van der Waals surface area contributed by atoms with E-state index in [4.69, 9.17) is 9.05 Å². The molecule has 2 aromatic rings. The summed E-state index contributed by atoms with van der Waals surface area (Å²) in [7, 11) is 0. The molecule has 0 N–H and O–H groups in total. The van der Waals surface area contributed by atoms with E-state index in [0.29, 0.717) is 24.7 Å². The Hall–Kier alpha value is -2.18. The number of piperidine rings is 1. The maximum atomic E-state index is 12.5. The number of rotatable bonds is 3. The van der Waals surface area contributed by atoms with Crippen molar-refractivity contribution in [1.29, 1.82) is 0 Å². The van der Waals surface area contributed by atoms with E-state index in [1.165, 1.54) is 6.26 Å². The number of carbonyl (C=O) groups is 1. The summed E-state index contributed by atoms with van der Waals surface area (Å²) in [6.07, 6.45) is 3.91. The van der Waals surface area contributed by atoms with Gasteiger partial charge in [-0.3, -0.25) is 4.79 Å². The zero-order valence-electron chi connectivity index (χ0n) is 13.8. The number of amides is 1. The first-order chi connectivity index (χ1) is 10.9. The van der Waals surface area contributed by atoms with E-state index in [0.717, 1.165) is 25.1 Å². The summed E-state index contributed by atoms with van der Waals surface area (Å²) in [5.74, 6) is 1.47. The third kappa shape index (κ3) is 3.60. The van der Waals surface area contributed by atoms with Gasteiger partial charge in [0.15, 0.2) is 5.82 Å². The fourth-order valence-corrected chi connectivity index (χ4v) is 2.83. The second-order valence-corrected chi connectivity index (χ2v) is 7.06. The highest BCUT2D eigenvalue weighted by molar-refractivity contribution is 5.81. The Bertz CT molecular complexity index is 657. The van der Waals surface area contributed by atoms with Crippen molar-refractivity contribution in [3.05, 3.63) is 29.7 Å². The average Bonchev–Trinajstić information content (AvgIpc) is 3.18. The molecule has 3 heterocycles. The summed E-state index contributed by atoms with van der Waals surface area (Å²) in [5, 5.41) is 7.86. The van der Waals surface area contributed by atoms with Gasteiger partial charge < -0.3 is 13.9 Å². The summed E-state index contributed by atoms with van der Waals surface area (Å²) in [6, 6.07) is 1.78. The Morgan fingerprint density at radius 2 is 2.22 bits per heavy atom.